The maximum absolute atomic E-state index is 12.4. The van der Waals surface area contributed by atoms with Gasteiger partial charge in [0.25, 0.3) is 0 Å². The molecule has 0 bridgehead atoms. The Balaban J connectivity index is 2.40. The van der Waals surface area contributed by atoms with Crippen molar-refractivity contribution in [3.05, 3.63) is 22.4 Å². The molecule has 1 atom stereocenters. The second-order valence-electron chi connectivity index (χ2n) is 6.14. The lowest BCUT2D eigenvalue weighted by Crippen LogP contribution is -2.40. The van der Waals surface area contributed by atoms with Gasteiger partial charge in [-0.05, 0) is 37.3 Å². The zero-order chi connectivity index (χ0) is 17.8. The first-order valence-electron chi connectivity index (χ1n) is 8.86. The molecule has 0 aromatic carbocycles. The molecule has 136 valence electrons. The van der Waals surface area contributed by atoms with E-state index in [-0.39, 0.29) is 17.7 Å². The number of nitrogens with zero attached hydrogens (tertiary/aromatic N) is 1. The number of amides is 2. The van der Waals surface area contributed by atoms with Crippen LogP contribution in [0.25, 0.3) is 0 Å². The quantitative estimate of drug-likeness (QED) is 0.567. The molecular formula is C18H31N3O2S. The van der Waals surface area contributed by atoms with Crippen molar-refractivity contribution in [3.8, 4) is 0 Å². The Morgan fingerprint density at radius 2 is 2.12 bits per heavy atom. The highest BCUT2D eigenvalue weighted by atomic mass is 32.1. The molecule has 0 aliphatic rings. The summed E-state index contributed by atoms with van der Waals surface area (Å²) in [5.41, 5.74) is 5.48. The predicted octanol–water partition coefficient (Wildman–Crippen LogP) is 2.76. The number of rotatable bonds is 12. The lowest BCUT2D eigenvalue weighted by atomic mass is 10.1. The standard InChI is InChI=1S/C18H31N3O2S/c1-3-11-21(17(22)9-5-4-6-10-19)14-15(2)18(23)20-13-16-8-7-12-24-16/h7-8,12,15H,3-6,9-11,13-14,19H2,1-2H3,(H,20,23)/t15-/m1/s1. The molecule has 0 unspecified atom stereocenters. The van der Waals surface area contributed by atoms with Crippen LogP contribution in [0.3, 0.4) is 0 Å². The van der Waals surface area contributed by atoms with E-state index in [1.807, 2.05) is 29.3 Å². The topological polar surface area (TPSA) is 75.4 Å². The third-order valence-corrected chi connectivity index (χ3v) is 4.78. The summed E-state index contributed by atoms with van der Waals surface area (Å²) in [6.07, 6.45) is 4.26. The maximum Gasteiger partial charge on any atom is 0.224 e. The van der Waals surface area contributed by atoms with E-state index < -0.39 is 0 Å². The van der Waals surface area contributed by atoms with Crippen molar-refractivity contribution in [1.29, 1.82) is 0 Å². The van der Waals surface area contributed by atoms with Crippen molar-refractivity contribution in [2.45, 2.75) is 52.5 Å². The van der Waals surface area contributed by atoms with Crippen LogP contribution in [0.5, 0.6) is 0 Å². The fraction of sp³-hybridized carbons (Fsp3) is 0.667. The zero-order valence-corrected chi connectivity index (χ0v) is 15.7. The predicted molar refractivity (Wildman–Crippen MR) is 99.7 cm³/mol. The Hall–Kier alpha value is -1.40. The number of hydrogen-bond donors (Lipinski definition) is 2. The second kappa shape index (κ2) is 12.0. The maximum atomic E-state index is 12.4. The Bertz CT molecular complexity index is 477. The smallest absolute Gasteiger partial charge is 0.224 e. The number of carbonyl (C=O) groups is 2. The minimum atomic E-state index is -0.204. The van der Waals surface area contributed by atoms with Crippen molar-refractivity contribution in [2.24, 2.45) is 11.7 Å². The largest absolute Gasteiger partial charge is 0.351 e. The van der Waals surface area contributed by atoms with Crippen LogP contribution >= 0.6 is 11.3 Å². The highest BCUT2D eigenvalue weighted by molar-refractivity contribution is 7.09. The van der Waals surface area contributed by atoms with Gasteiger partial charge in [0.2, 0.25) is 11.8 Å². The summed E-state index contributed by atoms with van der Waals surface area (Å²) >= 11 is 1.63. The summed E-state index contributed by atoms with van der Waals surface area (Å²) in [5.74, 6) is -0.0586. The average Bonchev–Trinajstić information content (AvgIpc) is 3.09. The third-order valence-electron chi connectivity index (χ3n) is 3.90. The summed E-state index contributed by atoms with van der Waals surface area (Å²) in [4.78, 5) is 27.6. The molecule has 0 spiro atoms. The van der Waals surface area contributed by atoms with Crippen LogP contribution in [0.4, 0.5) is 0 Å². The van der Waals surface area contributed by atoms with E-state index in [9.17, 15) is 9.59 Å². The summed E-state index contributed by atoms with van der Waals surface area (Å²) < 4.78 is 0. The van der Waals surface area contributed by atoms with Gasteiger partial charge in [-0.1, -0.05) is 26.3 Å². The van der Waals surface area contributed by atoms with E-state index in [4.69, 9.17) is 5.73 Å². The number of thiophene rings is 1. The molecule has 24 heavy (non-hydrogen) atoms. The van der Waals surface area contributed by atoms with Gasteiger partial charge in [0.05, 0.1) is 12.5 Å². The SMILES string of the molecule is CCCN(C[C@@H](C)C(=O)NCc1cccs1)C(=O)CCCCCN. The highest BCUT2D eigenvalue weighted by Crippen LogP contribution is 2.10. The zero-order valence-electron chi connectivity index (χ0n) is 14.9. The molecular weight excluding hydrogens is 322 g/mol. The number of nitrogens with one attached hydrogen (secondary N) is 1. The molecule has 1 aromatic heterocycles. The van der Waals surface area contributed by atoms with Crippen molar-refractivity contribution in [1.82, 2.24) is 10.2 Å². The normalized spacial score (nSPS) is 12.0. The first-order chi connectivity index (χ1) is 11.6. The van der Waals surface area contributed by atoms with Gasteiger partial charge in [-0.2, -0.15) is 0 Å². The van der Waals surface area contributed by atoms with Crippen molar-refractivity contribution in [3.63, 3.8) is 0 Å². The molecule has 2 amide bonds. The molecule has 0 aliphatic heterocycles. The van der Waals surface area contributed by atoms with Gasteiger partial charge in [0, 0.05) is 24.4 Å². The van der Waals surface area contributed by atoms with E-state index >= 15 is 0 Å². The van der Waals surface area contributed by atoms with E-state index in [2.05, 4.69) is 12.2 Å². The lowest BCUT2D eigenvalue weighted by Gasteiger charge is -2.25. The fourth-order valence-corrected chi connectivity index (χ4v) is 3.16. The van der Waals surface area contributed by atoms with Crippen LogP contribution < -0.4 is 11.1 Å². The Morgan fingerprint density at radius 1 is 1.33 bits per heavy atom. The van der Waals surface area contributed by atoms with E-state index in [1.54, 1.807) is 11.3 Å². The molecule has 0 radical (unpaired) electrons. The van der Waals surface area contributed by atoms with Gasteiger partial charge in [0.15, 0.2) is 0 Å². The van der Waals surface area contributed by atoms with Crippen molar-refractivity contribution in [2.75, 3.05) is 19.6 Å². The Morgan fingerprint density at radius 3 is 2.75 bits per heavy atom. The van der Waals surface area contributed by atoms with Crippen LogP contribution in [0, 0.1) is 5.92 Å². The Labute approximate surface area is 149 Å². The third kappa shape index (κ3) is 7.93. The summed E-state index contributed by atoms with van der Waals surface area (Å²) in [6, 6.07) is 3.98. The summed E-state index contributed by atoms with van der Waals surface area (Å²) in [7, 11) is 0. The molecule has 6 heteroatoms. The number of hydrogen-bond acceptors (Lipinski definition) is 4. The molecule has 1 aromatic rings. The van der Waals surface area contributed by atoms with Crippen LogP contribution in [-0.2, 0) is 16.1 Å². The summed E-state index contributed by atoms with van der Waals surface area (Å²) in [6.45, 7) is 6.36. The van der Waals surface area contributed by atoms with E-state index in [0.717, 1.165) is 30.6 Å². The van der Waals surface area contributed by atoms with E-state index in [1.165, 1.54) is 0 Å². The molecule has 3 N–H and O–H groups in total. The monoisotopic (exact) mass is 353 g/mol. The molecule has 0 saturated heterocycles. The fourth-order valence-electron chi connectivity index (χ4n) is 2.52. The molecule has 5 nitrogen and oxygen atoms in total. The second-order valence-corrected chi connectivity index (χ2v) is 7.17. The average molecular weight is 354 g/mol. The number of carbonyl (C=O) groups excluding carboxylic acids is 2. The first kappa shape index (κ1) is 20.6. The molecule has 0 aliphatic carbocycles. The van der Waals surface area contributed by atoms with Crippen molar-refractivity contribution >= 4 is 23.2 Å². The summed E-state index contributed by atoms with van der Waals surface area (Å²) in [5, 5.41) is 4.95. The van der Waals surface area contributed by atoms with Crippen LogP contribution in [-0.4, -0.2) is 36.3 Å². The number of nitrogens with two attached hydrogens (primary N) is 1. The number of unbranched alkanes of at least 4 members (excludes halogenated alkanes) is 2. The molecule has 1 heterocycles. The minimum absolute atomic E-state index is 0.000403. The van der Waals surface area contributed by atoms with Gasteiger partial charge >= 0.3 is 0 Å². The van der Waals surface area contributed by atoms with Gasteiger partial charge in [-0.25, -0.2) is 0 Å². The van der Waals surface area contributed by atoms with Gasteiger partial charge in [-0.15, -0.1) is 11.3 Å². The van der Waals surface area contributed by atoms with Crippen LogP contribution in [0.15, 0.2) is 17.5 Å². The molecule has 0 fully saturated rings. The van der Waals surface area contributed by atoms with Crippen molar-refractivity contribution < 1.29 is 9.59 Å². The lowest BCUT2D eigenvalue weighted by molar-refractivity contribution is -0.133. The van der Waals surface area contributed by atoms with Crippen LogP contribution in [0.2, 0.25) is 0 Å². The van der Waals surface area contributed by atoms with Crippen LogP contribution in [0.1, 0.15) is 50.8 Å². The molecule has 1 rings (SSSR count). The minimum Gasteiger partial charge on any atom is -0.351 e. The van der Waals surface area contributed by atoms with E-state index in [0.29, 0.717) is 32.6 Å². The first-order valence-corrected chi connectivity index (χ1v) is 9.74. The highest BCUT2D eigenvalue weighted by Gasteiger charge is 2.20. The van der Waals surface area contributed by atoms with Gasteiger partial charge < -0.3 is 16.0 Å². The van der Waals surface area contributed by atoms with Gasteiger partial charge in [-0.3, -0.25) is 9.59 Å². The Kier molecular flexibility index (Phi) is 10.4. The van der Waals surface area contributed by atoms with Gasteiger partial charge in [0.1, 0.15) is 0 Å². The molecule has 0 saturated carbocycles.